The fourth-order valence-electron chi connectivity index (χ4n) is 2.87. The molecule has 0 aromatic heterocycles. The van der Waals surface area contributed by atoms with Crippen LogP contribution in [-0.2, 0) is 10.0 Å². The molecular formula is C17H16F3N3O4S. The maximum atomic E-state index is 13.3. The summed E-state index contributed by atoms with van der Waals surface area (Å²) in [5.41, 5.74) is -0.138. The highest BCUT2D eigenvalue weighted by molar-refractivity contribution is 7.89. The summed E-state index contributed by atoms with van der Waals surface area (Å²) in [6.07, 6.45) is -0.602. The summed E-state index contributed by atoms with van der Waals surface area (Å²) in [6, 6.07) is 5.05. The zero-order chi connectivity index (χ0) is 20.6. The number of halogens is 3. The van der Waals surface area contributed by atoms with E-state index in [1.807, 2.05) is 0 Å². The van der Waals surface area contributed by atoms with Crippen molar-refractivity contribution in [3.05, 3.63) is 53.3 Å². The Labute approximate surface area is 158 Å². The van der Waals surface area contributed by atoms with Crippen molar-refractivity contribution in [1.82, 2.24) is 4.31 Å². The molecule has 1 unspecified atom stereocenters. The summed E-state index contributed by atoms with van der Waals surface area (Å²) < 4.78 is 66.2. The highest BCUT2D eigenvalue weighted by Crippen LogP contribution is 2.32. The second-order valence-electron chi connectivity index (χ2n) is 6.08. The molecule has 0 saturated carbocycles. The van der Waals surface area contributed by atoms with E-state index >= 15 is 0 Å². The van der Waals surface area contributed by atoms with Crippen LogP contribution in [0.5, 0.6) is 0 Å². The van der Waals surface area contributed by atoms with Crippen LogP contribution in [0.25, 0.3) is 0 Å². The van der Waals surface area contributed by atoms with Gasteiger partial charge in [0.15, 0.2) is 17.5 Å². The van der Waals surface area contributed by atoms with Gasteiger partial charge in [0, 0.05) is 29.9 Å². The van der Waals surface area contributed by atoms with Crippen molar-refractivity contribution in [3.63, 3.8) is 0 Å². The molecule has 1 amide bonds. The highest BCUT2D eigenvalue weighted by Gasteiger charge is 2.36. The quantitative estimate of drug-likeness (QED) is 0.665. The molecule has 0 radical (unpaired) electrons. The number of fused-ring (bicyclic) bond motifs is 1. The number of sulfonamides is 1. The number of aliphatic hydroxyl groups excluding tert-OH is 1. The van der Waals surface area contributed by atoms with Gasteiger partial charge < -0.3 is 15.7 Å². The average molecular weight is 415 g/mol. The maximum absolute atomic E-state index is 13.3. The molecule has 0 bridgehead atoms. The van der Waals surface area contributed by atoms with E-state index < -0.39 is 39.5 Å². The summed E-state index contributed by atoms with van der Waals surface area (Å²) in [7, 11) is -3.98. The first-order chi connectivity index (χ1) is 13.1. The molecule has 2 aromatic carbocycles. The average Bonchev–Trinajstić information content (AvgIpc) is 2.63. The van der Waals surface area contributed by atoms with Crippen molar-refractivity contribution in [3.8, 4) is 0 Å². The largest absolute Gasteiger partial charge is 0.395 e. The molecule has 1 aliphatic heterocycles. The number of benzene rings is 2. The van der Waals surface area contributed by atoms with Gasteiger partial charge in [-0.15, -0.1) is 0 Å². The Morgan fingerprint density at radius 1 is 1.21 bits per heavy atom. The van der Waals surface area contributed by atoms with Crippen molar-refractivity contribution in [2.24, 2.45) is 0 Å². The van der Waals surface area contributed by atoms with Gasteiger partial charge in [-0.3, -0.25) is 4.79 Å². The maximum Gasteiger partial charge on any atom is 0.255 e. The molecule has 150 valence electrons. The lowest BCUT2D eigenvalue weighted by Gasteiger charge is -2.34. The fourth-order valence-corrected chi connectivity index (χ4v) is 4.60. The third kappa shape index (κ3) is 3.55. The van der Waals surface area contributed by atoms with Crippen LogP contribution in [-0.4, -0.2) is 43.1 Å². The fraction of sp³-hybridized carbons (Fsp3) is 0.235. The first kappa shape index (κ1) is 20.1. The van der Waals surface area contributed by atoms with Gasteiger partial charge in [0.25, 0.3) is 5.91 Å². The smallest absolute Gasteiger partial charge is 0.255 e. The van der Waals surface area contributed by atoms with E-state index in [0.717, 1.165) is 10.4 Å². The number of carbonyl (C=O) groups excluding carboxylic acids is 1. The first-order valence-corrected chi connectivity index (χ1v) is 9.58. The van der Waals surface area contributed by atoms with Crippen molar-refractivity contribution in [2.45, 2.75) is 18.0 Å². The van der Waals surface area contributed by atoms with E-state index in [-0.39, 0.29) is 35.0 Å². The SMILES string of the molecule is CC1Nc2ccc(C(=O)Nc3cc(F)c(F)c(F)c3)cc2S(=O)(=O)N1CCO. The second-order valence-corrected chi connectivity index (χ2v) is 7.94. The predicted octanol–water partition coefficient (Wildman–Crippen LogP) is 2.11. The molecule has 7 nitrogen and oxygen atoms in total. The molecular weight excluding hydrogens is 399 g/mol. The zero-order valence-corrected chi connectivity index (χ0v) is 15.4. The molecule has 11 heteroatoms. The van der Waals surface area contributed by atoms with E-state index in [9.17, 15) is 26.4 Å². The summed E-state index contributed by atoms with van der Waals surface area (Å²) in [5.74, 6) is -5.44. The summed E-state index contributed by atoms with van der Waals surface area (Å²) in [5, 5.41) is 14.2. The number of carbonyl (C=O) groups is 1. The molecule has 1 aliphatic rings. The van der Waals surface area contributed by atoms with Crippen molar-refractivity contribution in [1.29, 1.82) is 0 Å². The molecule has 28 heavy (non-hydrogen) atoms. The van der Waals surface area contributed by atoms with Crippen LogP contribution in [0.2, 0.25) is 0 Å². The minimum atomic E-state index is -3.98. The number of β-amino-alcohol motifs (C(OH)–C–C–N with tert-alkyl or cyclic N) is 1. The van der Waals surface area contributed by atoms with Gasteiger partial charge in [-0.2, -0.15) is 4.31 Å². The predicted molar refractivity (Wildman–Crippen MR) is 94.8 cm³/mol. The number of hydrogen-bond acceptors (Lipinski definition) is 5. The van der Waals surface area contributed by atoms with E-state index in [2.05, 4.69) is 10.6 Å². The molecule has 1 heterocycles. The van der Waals surface area contributed by atoms with Gasteiger partial charge in [-0.1, -0.05) is 0 Å². The van der Waals surface area contributed by atoms with E-state index in [0.29, 0.717) is 12.1 Å². The second kappa shape index (κ2) is 7.41. The minimum Gasteiger partial charge on any atom is -0.395 e. The molecule has 3 N–H and O–H groups in total. The Kier molecular flexibility index (Phi) is 5.33. The third-order valence-corrected chi connectivity index (χ3v) is 6.20. The van der Waals surface area contributed by atoms with Crippen LogP contribution >= 0.6 is 0 Å². The van der Waals surface area contributed by atoms with Crippen LogP contribution in [0.1, 0.15) is 17.3 Å². The van der Waals surface area contributed by atoms with Gasteiger partial charge in [-0.25, -0.2) is 21.6 Å². The third-order valence-electron chi connectivity index (χ3n) is 4.19. The number of rotatable bonds is 4. The van der Waals surface area contributed by atoms with Gasteiger partial charge in [0.2, 0.25) is 10.0 Å². The number of amides is 1. The molecule has 3 rings (SSSR count). The number of anilines is 2. The van der Waals surface area contributed by atoms with Crippen LogP contribution in [0.4, 0.5) is 24.5 Å². The van der Waals surface area contributed by atoms with Crippen LogP contribution in [0, 0.1) is 17.5 Å². The zero-order valence-electron chi connectivity index (χ0n) is 14.5. The normalized spacial score (nSPS) is 18.2. The first-order valence-electron chi connectivity index (χ1n) is 8.14. The Morgan fingerprint density at radius 3 is 2.46 bits per heavy atom. The standard InChI is InChI=1S/C17H16F3N3O4S/c1-9-21-14-3-2-10(6-15(14)28(26,27)23(9)4-5-24)17(25)22-11-7-12(18)16(20)13(19)8-11/h2-3,6-9,21,24H,4-5H2,1H3,(H,22,25). The van der Waals surface area contributed by atoms with Gasteiger partial charge in [-0.05, 0) is 25.1 Å². The van der Waals surface area contributed by atoms with Crippen LogP contribution in [0.15, 0.2) is 35.2 Å². The summed E-state index contributed by atoms with van der Waals surface area (Å²) in [4.78, 5) is 12.2. The monoisotopic (exact) mass is 415 g/mol. The molecule has 0 aliphatic carbocycles. The topological polar surface area (TPSA) is 98.7 Å². The number of aliphatic hydroxyl groups is 1. The van der Waals surface area contributed by atoms with E-state index in [4.69, 9.17) is 5.11 Å². The molecule has 2 aromatic rings. The lowest BCUT2D eigenvalue weighted by molar-refractivity contribution is 0.102. The van der Waals surface area contributed by atoms with Gasteiger partial charge in [0.05, 0.1) is 18.5 Å². The van der Waals surface area contributed by atoms with Gasteiger partial charge >= 0.3 is 0 Å². The summed E-state index contributed by atoms with van der Waals surface area (Å²) in [6.45, 7) is 1.08. The summed E-state index contributed by atoms with van der Waals surface area (Å²) >= 11 is 0. The Bertz CT molecular complexity index is 1020. The minimum absolute atomic E-state index is 0.0900. The Balaban J connectivity index is 1.93. The van der Waals surface area contributed by atoms with Crippen molar-refractivity contribution >= 4 is 27.3 Å². The Morgan fingerprint density at radius 2 is 1.86 bits per heavy atom. The number of nitrogens with zero attached hydrogens (tertiary/aromatic N) is 1. The lowest BCUT2D eigenvalue weighted by Crippen LogP contribution is -2.48. The van der Waals surface area contributed by atoms with Crippen LogP contribution in [0.3, 0.4) is 0 Å². The molecule has 1 atom stereocenters. The van der Waals surface area contributed by atoms with Crippen molar-refractivity contribution < 1.29 is 31.5 Å². The molecule has 0 spiro atoms. The molecule has 0 fully saturated rings. The lowest BCUT2D eigenvalue weighted by atomic mass is 10.1. The van der Waals surface area contributed by atoms with E-state index in [1.165, 1.54) is 12.1 Å². The van der Waals surface area contributed by atoms with Crippen LogP contribution < -0.4 is 10.6 Å². The number of hydrogen-bond donors (Lipinski definition) is 3. The van der Waals surface area contributed by atoms with Gasteiger partial charge in [0.1, 0.15) is 4.90 Å². The molecule has 0 saturated heterocycles. The number of nitrogens with one attached hydrogen (secondary N) is 2. The van der Waals surface area contributed by atoms with Crippen molar-refractivity contribution in [2.75, 3.05) is 23.8 Å². The Hall–Kier alpha value is -2.63. The highest BCUT2D eigenvalue weighted by atomic mass is 32.2. The van der Waals surface area contributed by atoms with E-state index in [1.54, 1.807) is 6.92 Å².